The van der Waals surface area contributed by atoms with Crippen LogP contribution in [0.25, 0.3) is 0 Å². The maximum absolute atomic E-state index is 5.97. The number of rotatable bonds is 8. The first-order valence-corrected chi connectivity index (χ1v) is 11.5. The molecule has 0 unspecified atom stereocenters. The van der Waals surface area contributed by atoms with Crippen LogP contribution in [0, 0.1) is 13.8 Å². The fourth-order valence-corrected chi connectivity index (χ4v) is 3.93. The lowest BCUT2D eigenvalue weighted by Crippen LogP contribution is -2.20. The number of ether oxygens (including phenoxy) is 3. The van der Waals surface area contributed by atoms with E-state index in [1.165, 1.54) is 0 Å². The first-order valence-electron chi connectivity index (χ1n) is 11.1. The molecule has 0 aliphatic heterocycles. The number of nitrogens with one attached hydrogen (secondary N) is 2. The highest BCUT2D eigenvalue weighted by Crippen LogP contribution is 2.30. The molecule has 35 heavy (non-hydrogen) atoms. The van der Waals surface area contributed by atoms with Gasteiger partial charge in [-0.3, -0.25) is 4.68 Å². The van der Waals surface area contributed by atoms with Gasteiger partial charge in [-0.2, -0.15) is 5.10 Å². The number of hydrogen-bond acceptors (Lipinski definition) is 5. The van der Waals surface area contributed by atoms with Gasteiger partial charge in [-0.1, -0.05) is 30.3 Å². The van der Waals surface area contributed by atoms with Crippen LogP contribution >= 0.6 is 12.2 Å². The van der Waals surface area contributed by atoms with Crippen LogP contribution in [0.5, 0.6) is 23.0 Å². The summed E-state index contributed by atoms with van der Waals surface area (Å²) in [5.41, 5.74) is 4.47. The molecule has 0 spiro atoms. The van der Waals surface area contributed by atoms with E-state index in [2.05, 4.69) is 16.7 Å². The molecule has 4 aromatic rings. The van der Waals surface area contributed by atoms with Crippen molar-refractivity contribution in [3.05, 3.63) is 89.7 Å². The highest BCUT2D eigenvalue weighted by molar-refractivity contribution is 7.80. The van der Waals surface area contributed by atoms with Gasteiger partial charge in [-0.25, -0.2) is 0 Å². The van der Waals surface area contributed by atoms with E-state index in [4.69, 9.17) is 31.5 Å². The van der Waals surface area contributed by atoms with Gasteiger partial charge in [0.1, 0.15) is 23.0 Å². The van der Waals surface area contributed by atoms with Crippen LogP contribution in [0.4, 0.5) is 11.4 Å². The topological polar surface area (TPSA) is 69.6 Å². The molecule has 0 aliphatic rings. The van der Waals surface area contributed by atoms with Crippen molar-refractivity contribution in [2.45, 2.75) is 20.4 Å². The Kier molecular flexibility index (Phi) is 7.52. The van der Waals surface area contributed by atoms with Crippen molar-refractivity contribution < 1.29 is 14.2 Å². The molecule has 1 heterocycles. The van der Waals surface area contributed by atoms with Crippen LogP contribution in [0.15, 0.2) is 72.8 Å². The molecule has 2 N–H and O–H groups in total. The maximum Gasteiger partial charge on any atom is 0.175 e. The van der Waals surface area contributed by atoms with Crippen molar-refractivity contribution in [2.75, 3.05) is 24.9 Å². The average molecular weight is 489 g/mol. The summed E-state index contributed by atoms with van der Waals surface area (Å²) in [6.07, 6.45) is 0. The average Bonchev–Trinajstić information content (AvgIpc) is 3.12. The number of hydrogen-bond donors (Lipinski definition) is 2. The predicted molar refractivity (Wildman–Crippen MR) is 143 cm³/mol. The number of anilines is 2. The van der Waals surface area contributed by atoms with Crippen LogP contribution in [-0.2, 0) is 6.54 Å². The van der Waals surface area contributed by atoms with Crippen molar-refractivity contribution in [3.8, 4) is 23.0 Å². The minimum atomic E-state index is 0.431. The molecule has 0 fully saturated rings. The van der Waals surface area contributed by atoms with Crippen LogP contribution in [0.2, 0.25) is 0 Å². The van der Waals surface area contributed by atoms with E-state index in [0.717, 1.165) is 34.1 Å². The molecule has 8 heteroatoms. The number of nitrogens with zero attached hydrogens (tertiary/aromatic N) is 2. The van der Waals surface area contributed by atoms with Gasteiger partial charge in [0, 0.05) is 6.07 Å². The number of aryl methyl sites for hydroxylation is 1. The van der Waals surface area contributed by atoms with Crippen LogP contribution in [0.3, 0.4) is 0 Å². The summed E-state index contributed by atoms with van der Waals surface area (Å²) in [5, 5.41) is 11.6. The number of methoxy groups -OCH3 is 2. The number of aromatic nitrogens is 2. The minimum Gasteiger partial charge on any atom is -0.497 e. The van der Waals surface area contributed by atoms with E-state index < -0.39 is 0 Å². The Morgan fingerprint density at radius 1 is 0.857 bits per heavy atom. The van der Waals surface area contributed by atoms with E-state index >= 15 is 0 Å². The van der Waals surface area contributed by atoms with Gasteiger partial charge in [-0.05, 0) is 68.0 Å². The molecule has 0 saturated carbocycles. The van der Waals surface area contributed by atoms with Crippen LogP contribution < -0.4 is 24.8 Å². The normalized spacial score (nSPS) is 10.5. The second-order valence-electron chi connectivity index (χ2n) is 7.91. The second kappa shape index (κ2) is 10.9. The summed E-state index contributed by atoms with van der Waals surface area (Å²) in [6.45, 7) is 4.57. The van der Waals surface area contributed by atoms with E-state index in [1.54, 1.807) is 14.2 Å². The largest absolute Gasteiger partial charge is 0.497 e. The summed E-state index contributed by atoms with van der Waals surface area (Å²) < 4.78 is 18.7. The summed E-state index contributed by atoms with van der Waals surface area (Å²) in [6, 6.07) is 23.2. The van der Waals surface area contributed by atoms with Gasteiger partial charge in [0.2, 0.25) is 0 Å². The second-order valence-corrected chi connectivity index (χ2v) is 8.32. The third kappa shape index (κ3) is 5.91. The monoisotopic (exact) mass is 488 g/mol. The smallest absolute Gasteiger partial charge is 0.175 e. The molecule has 3 aromatic carbocycles. The van der Waals surface area contributed by atoms with Crippen molar-refractivity contribution in [1.29, 1.82) is 0 Å². The van der Waals surface area contributed by atoms with Gasteiger partial charge >= 0.3 is 0 Å². The highest BCUT2D eigenvalue weighted by atomic mass is 32.1. The Morgan fingerprint density at radius 2 is 1.63 bits per heavy atom. The van der Waals surface area contributed by atoms with Crippen molar-refractivity contribution in [1.82, 2.24) is 9.78 Å². The highest BCUT2D eigenvalue weighted by Gasteiger charge is 2.15. The summed E-state index contributed by atoms with van der Waals surface area (Å²) in [5.74, 6) is 2.95. The van der Waals surface area contributed by atoms with Crippen LogP contribution in [0.1, 0.15) is 17.0 Å². The zero-order valence-electron chi connectivity index (χ0n) is 20.2. The number of para-hydroxylation sites is 1. The molecule has 0 saturated heterocycles. The molecule has 0 bridgehead atoms. The first-order chi connectivity index (χ1) is 17.0. The Hall–Kier alpha value is -4.04. The Labute approximate surface area is 210 Å². The molecule has 0 atom stereocenters. The quantitative estimate of drug-likeness (QED) is 0.288. The lowest BCUT2D eigenvalue weighted by molar-refractivity contribution is 0.405. The molecular weight excluding hydrogens is 460 g/mol. The van der Waals surface area contributed by atoms with Crippen molar-refractivity contribution >= 4 is 28.7 Å². The fourth-order valence-electron chi connectivity index (χ4n) is 3.72. The van der Waals surface area contributed by atoms with Gasteiger partial charge < -0.3 is 24.8 Å². The molecule has 0 aliphatic carbocycles. The Balaban J connectivity index is 1.47. The number of benzene rings is 3. The van der Waals surface area contributed by atoms with Gasteiger partial charge in [0.15, 0.2) is 5.11 Å². The fraction of sp³-hybridized carbons (Fsp3) is 0.185. The lowest BCUT2D eigenvalue weighted by Gasteiger charge is -2.15. The predicted octanol–water partition coefficient (Wildman–Crippen LogP) is 6.17. The van der Waals surface area contributed by atoms with E-state index in [-0.39, 0.29) is 0 Å². The van der Waals surface area contributed by atoms with Gasteiger partial charge in [0.05, 0.1) is 43.5 Å². The maximum atomic E-state index is 5.97. The van der Waals surface area contributed by atoms with Crippen molar-refractivity contribution in [3.63, 3.8) is 0 Å². The zero-order chi connectivity index (χ0) is 24.8. The summed E-state index contributed by atoms with van der Waals surface area (Å²) >= 11 is 5.57. The summed E-state index contributed by atoms with van der Waals surface area (Å²) in [4.78, 5) is 0. The summed E-state index contributed by atoms with van der Waals surface area (Å²) in [7, 11) is 3.23. The lowest BCUT2D eigenvalue weighted by atomic mass is 10.2. The molecule has 7 nitrogen and oxygen atoms in total. The number of thiocarbonyl (C=S) groups is 1. The molecule has 4 rings (SSSR count). The third-order valence-corrected chi connectivity index (χ3v) is 5.69. The molecule has 0 radical (unpaired) electrons. The van der Waals surface area contributed by atoms with Gasteiger partial charge in [-0.15, -0.1) is 0 Å². The van der Waals surface area contributed by atoms with Crippen LogP contribution in [-0.4, -0.2) is 29.1 Å². The Morgan fingerprint density at radius 3 is 2.37 bits per heavy atom. The van der Waals surface area contributed by atoms with E-state index in [9.17, 15) is 0 Å². The zero-order valence-corrected chi connectivity index (χ0v) is 21.0. The van der Waals surface area contributed by atoms with Gasteiger partial charge in [0.25, 0.3) is 0 Å². The first kappa shape index (κ1) is 24.1. The molecule has 180 valence electrons. The molecule has 0 amide bonds. The van der Waals surface area contributed by atoms with Crippen molar-refractivity contribution in [2.24, 2.45) is 0 Å². The van der Waals surface area contributed by atoms with E-state index in [1.807, 2.05) is 85.3 Å². The Bertz CT molecular complexity index is 1320. The SMILES string of the molecule is COc1ccc(OC)c(NC(=S)Nc2c(C)nn(Cc3cccc(Oc4ccccc4)c3)c2C)c1. The molecular formula is C27H28N4O3S. The third-order valence-electron chi connectivity index (χ3n) is 5.48. The standard InChI is InChI=1S/C27H28N4O3S/c1-18-26(29-27(35)28-24-16-22(32-3)13-14-25(24)33-4)19(2)31(30-18)17-20-9-8-12-23(15-20)34-21-10-6-5-7-11-21/h5-16H,17H2,1-4H3,(H2,28,29,35). The molecule has 1 aromatic heterocycles. The van der Waals surface area contributed by atoms with E-state index in [0.29, 0.717) is 28.8 Å². The minimum absolute atomic E-state index is 0.431.